The Labute approximate surface area is 209 Å². The molecule has 0 saturated carbocycles. The Balaban J connectivity index is 1.54. The number of amides is 3. The van der Waals surface area contributed by atoms with Gasteiger partial charge in [0.1, 0.15) is 11.8 Å². The summed E-state index contributed by atoms with van der Waals surface area (Å²) in [5, 5.41) is 12.1. The molecule has 1 aromatic heterocycles. The van der Waals surface area contributed by atoms with Gasteiger partial charge in [-0.2, -0.15) is 0 Å². The maximum atomic E-state index is 12.8. The van der Waals surface area contributed by atoms with Gasteiger partial charge in [0.05, 0.1) is 31.4 Å². The molecule has 0 bridgehead atoms. The molecule has 1 atom stereocenters. The minimum atomic E-state index is -1.32. The van der Waals surface area contributed by atoms with E-state index in [2.05, 4.69) is 21.2 Å². The third-order valence-corrected chi connectivity index (χ3v) is 6.21. The molecule has 1 aliphatic heterocycles. The topological polar surface area (TPSA) is 148 Å². The van der Waals surface area contributed by atoms with E-state index in [0.29, 0.717) is 30.9 Å². The minimum Gasteiger partial charge on any atom is -0.496 e. The molecule has 1 aromatic carbocycles. The monoisotopic (exact) mass is 502 g/mol. The van der Waals surface area contributed by atoms with Gasteiger partial charge in [-0.15, -0.1) is 0 Å². The zero-order chi connectivity index (χ0) is 26.1. The highest BCUT2D eigenvalue weighted by molar-refractivity contribution is 6.02. The molecule has 1 saturated heterocycles. The maximum Gasteiger partial charge on any atom is 0.405 e. The van der Waals surface area contributed by atoms with Gasteiger partial charge in [-0.1, -0.05) is 25.8 Å². The van der Waals surface area contributed by atoms with Crippen LogP contribution in [-0.2, 0) is 14.3 Å². The number of nitrogens with zero attached hydrogens (tertiary/aromatic N) is 1. The number of methoxy groups -OCH3 is 1. The number of rotatable bonds is 11. The number of hydrogen-bond acceptors (Lipinski definition) is 7. The number of ether oxygens (including phenoxy) is 3. The molecule has 2 heterocycles. The highest BCUT2D eigenvalue weighted by Crippen LogP contribution is 2.29. The Kier molecular flexibility index (Phi) is 9.43. The number of hydrazine groups is 1. The first-order valence-corrected chi connectivity index (χ1v) is 12.1. The highest BCUT2D eigenvalue weighted by Gasteiger charge is 2.33. The summed E-state index contributed by atoms with van der Waals surface area (Å²) < 4.78 is 16.8. The van der Waals surface area contributed by atoms with E-state index in [1.54, 1.807) is 12.1 Å². The molecule has 3 amide bonds. The van der Waals surface area contributed by atoms with Gasteiger partial charge in [-0.3, -0.25) is 25.4 Å². The molecule has 36 heavy (non-hydrogen) atoms. The van der Waals surface area contributed by atoms with Crippen LogP contribution in [0.25, 0.3) is 10.9 Å². The van der Waals surface area contributed by atoms with Crippen molar-refractivity contribution in [1.29, 1.82) is 0 Å². The highest BCUT2D eigenvalue weighted by atomic mass is 16.7. The molecule has 1 aliphatic rings. The summed E-state index contributed by atoms with van der Waals surface area (Å²) in [6.07, 6.45) is 2.66. The van der Waals surface area contributed by atoms with Crippen LogP contribution in [-0.4, -0.2) is 60.2 Å². The fourth-order valence-corrected chi connectivity index (χ4v) is 4.23. The van der Waals surface area contributed by atoms with Crippen molar-refractivity contribution in [3.8, 4) is 5.75 Å². The summed E-state index contributed by atoms with van der Waals surface area (Å²) in [6.45, 7) is 5.06. The number of aryl methyl sites for hydroxylation is 1. The third-order valence-electron chi connectivity index (χ3n) is 6.21. The molecular weight excluding hydrogens is 468 g/mol. The second-order valence-electron chi connectivity index (χ2n) is 8.70. The summed E-state index contributed by atoms with van der Waals surface area (Å²) in [4.78, 5) is 41.1. The number of hydrogen-bond donors (Lipinski definition) is 4. The van der Waals surface area contributed by atoms with Crippen LogP contribution in [0.1, 0.15) is 61.5 Å². The van der Waals surface area contributed by atoms with E-state index < -0.39 is 29.7 Å². The van der Waals surface area contributed by atoms with Crippen molar-refractivity contribution in [2.45, 2.75) is 64.2 Å². The van der Waals surface area contributed by atoms with Gasteiger partial charge >= 0.3 is 6.09 Å². The SMILES string of the molecule is CCC1(CCCCCC(NC(=O)O)C(=O)NNC(=O)c2cc3ccc(C)nc3cc2OC)OCCO1. The number of carboxylic acid groups (broad SMARTS) is 1. The lowest BCUT2D eigenvalue weighted by Gasteiger charge is -2.25. The van der Waals surface area contributed by atoms with Gasteiger partial charge < -0.3 is 24.6 Å². The number of benzene rings is 1. The van der Waals surface area contributed by atoms with E-state index in [9.17, 15) is 14.4 Å². The zero-order valence-electron chi connectivity index (χ0n) is 20.9. The summed E-state index contributed by atoms with van der Waals surface area (Å²) in [7, 11) is 1.44. The van der Waals surface area contributed by atoms with Crippen molar-refractivity contribution in [2.24, 2.45) is 0 Å². The fraction of sp³-hybridized carbons (Fsp3) is 0.520. The summed E-state index contributed by atoms with van der Waals surface area (Å²) in [5.41, 5.74) is 6.38. The van der Waals surface area contributed by atoms with Crippen molar-refractivity contribution in [2.75, 3.05) is 20.3 Å². The Morgan fingerprint density at radius 2 is 1.89 bits per heavy atom. The average molecular weight is 503 g/mol. The molecule has 1 fully saturated rings. The third kappa shape index (κ3) is 7.05. The van der Waals surface area contributed by atoms with Gasteiger partial charge in [-0.05, 0) is 38.3 Å². The van der Waals surface area contributed by atoms with E-state index in [1.165, 1.54) is 7.11 Å². The molecule has 0 aliphatic carbocycles. The summed E-state index contributed by atoms with van der Waals surface area (Å²) in [5.74, 6) is -1.49. The maximum absolute atomic E-state index is 12.8. The number of aromatic nitrogens is 1. The van der Waals surface area contributed by atoms with Crippen molar-refractivity contribution < 1.29 is 33.7 Å². The van der Waals surface area contributed by atoms with Gasteiger partial charge in [0, 0.05) is 23.6 Å². The zero-order valence-corrected chi connectivity index (χ0v) is 20.9. The number of fused-ring (bicyclic) bond motifs is 1. The van der Waals surface area contributed by atoms with Crippen LogP contribution >= 0.6 is 0 Å². The Bertz CT molecular complexity index is 1090. The lowest BCUT2D eigenvalue weighted by molar-refractivity contribution is -0.164. The van der Waals surface area contributed by atoms with Crippen LogP contribution in [0.15, 0.2) is 24.3 Å². The van der Waals surface area contributed by atoms with E-state index in [4.69, 9.17) is 19.3 Å². The molecule has 11 heteroatoms. The van der Waals surface area contributed by atoms with Crippen LogP contribution in [0.4, 0.5) is 4.79 Å². The second-order valence-corrected chi connectivity index (χ2v) is 8.70. The first-order chi connectivity index (χ1) is 17.3. The largest absolute Gasteiger partial charge is 0.496 e. The van der Waals surface area contributed by atoms with Gasteiger partial charge in [0.25, 0.3) is 11.8 Å². The molecule has 0 radical (unpaired) electrons. The molecule has 0 spiro atoms. The number of carbonyl (C=O) groups is 3. The number of unbranched alkanes of at least 4 members (excludes halogenated alkanes) is 2. The molecule has 196 valence electrons. The molecule has 1 unspecified atom stereocenters. The van der Waals surface area contributed by atoms with E-state index in [1.807, 2.05) is 26.0 Å². The Morgan fingerprint density at radius 3 is 2.56 bits per heavy atom. The number of nitrogens with one attached hydrogen (secondary N) is 3. The summed E-state index contributed by atoms with van der Waals surface area (Å²) in [6, 6.07) is 5.92. The normalized spacial score (nSPS) is 15.3. The van der Waals surface area contributed by atoms with Crippen LogP contribution in [0, 0.1) is 6.92 Å². The first-order valence-electron chi connectivity index (χ1n) is 12.1. The minimum absolute atomic E-state index is 0.208. The fourth-order valence-electron chi connectivity index (χ4n) is 4.23. The van der Waals surface area contributed by atoms with Crippen molar-refractivity contribution in [1.82, 2.24) is 21.2 Å². The molecule has 11 nitrogen and oxygen atoms in total. The Hall–Kier alpha value is -3.44. The first kappa shape index (κ1) is 27.2. The summed E-state index contributed by atoms with van der Waals surface area (Å²) >= 11 is 0. The Morgan fingerprint density at radius 1 is 1.14 bits per heavy atom. The van der Waals surface area contributed by atoms with Crippen LogP contribution in [0.3, 0.4) is 0 Å². The molecule has 4 N–H and O–H groups in total. The van der Waals surface area contributed by atoms with E-state index in [-0.39, 0.29) is 12.0 Å². The van der Waals surface area contributed by atoms with Crippen LogP contribution < -0.4 is 20.9 Å². The lowest BCUT2D eigenvalue weighted by Crippen LogP contribution is -2.52. The molecule has 2 aromatic rings. The van der Waals surface area contributed by atoms with Gasteiger partial charge in [0.2, 0.25) is 0 Å². The predicted molar refractivity (Wildman–Crippen MR) is 132 cm³/mol. The van der Waals surface area contributed by atoms with E-state index in [0.717, 1.165) is 36.8 Å². The standard InChI is InChI=1S/C25H34N4O7/c1-4-25(35-12-13-36-25)11-7-5-6-8-19(27-24(32)33)23(31)29-28-22(30)18-14-17-10-9-16(2)26-20(17)15-21(18)34-3/h9-10,14-15,19,27H,4-8,11-13H2,1-3H3,(H,28,30)(H,29,31)(H,32,33). The number of carbonyl (C=O) groups excluding carboxylic acids is 2. The van der Waals surface area contributed by atoms with Gasteiger partial charge in [0.15, 0.2) is 5.79 Å². The van der Waals surface area contributed by atoms with Crippen LogP contribution in [0.5, 0.6) is 5.75 Å². The van der Waals surface area contributed by atoms with E-state index >= 15 is 0 Å². The predicted octanol–water partition coefficient (Wildman–Crippen LogP) is 3.05. The lowest BCUT2D eigenvalue weighted by atomic mass is 10.0. The van der Waals surface area contributed by atoms with Gasteiger partial charge in [-0.25, -0.2) is 4.79 Å². The van der Waals surface area contributed by atoms with Crippen LogP contribution in [0.2, 0.25) is 0 Å². The van der Waals surface area contributed by atoms with Crippen molar-refractivity contribution in [3.63, 3.8) is 0 Å². The quantitative estimate of drug-likeness (QED) is 0.271. The van der Waals surface area contributed by atoms with Crippen molar-refractivity contribution >= 4 is 28.8 Å². The van der Waals surface area contributed by atoms with Crippen molar-refractivity contribution in [3.05, 3.63) is 35.5 Å². The smallest absolute Gasteiger partial charge is 0.405 e. The average Bonchev–Trinajstić information content (AvgIpc) is 3.34. The number of pyridine rings is 1. The molecule has 3 rings (SSSR count). The molecular formula is C25H34N4O7. The second kappa shape index (κ2) is 12.5.